The third kappa shape index (κ3) is 3.07. The van der Waals surface area contributed by atoms with Crippen molar-refractivity contribution in [2.24, 2.45) is 10.9 Å². The van der Waals surface area contributed by atoms with Crippen molar-refractivity contribution in [1.82, 2.24) is 4.57 Å². The Hall–Kier alpha value is -1.68. The minimum atomic E-state index is 0.0563. The zero-order chi connectivity index (χ0) is 15.5. The molecule has 1 aliphatic rings. The summed E-state index contributed by atoms with van der Waals surface area (Å²) in [5, 5.41) is 0. The molecule has 0 aliphatic heterocycles. The van der Waals surface area contributed by atoms with Crippen LogP contribution in [0.4, 0.5) is 0 Å². The summed E-state index contributed by atoms with van der Waals surface area (Å²) in [5.41, 5.74) is 2.36. The molecule has 22 heavy (non-hydrogen) atoms. The van der Waals surface area contributed by atoms with Crippen LogP contribution in [-0.2, 0) is 11.3 Å². The fourth-order valence-corrected chi connectivity index (χ4v) is 4.25. The summed E-state index contributed by atoms with van der Waals surface area (Å²) in [5.74, 6) is 0.179. The second-order valence-corrected chi connectivity index (χ2v) is 7.05. The summed E-state index contributed by atoms with van der Waals surface area (Å²) in [7, 11) is 0. The molecule has 0 spiro atoms. The number of hydrogen-bond acceptors (Lipinski definition) is 2. The van der Waals surface area contributed by atoms with Crippen LogP contribution in [0.15, 0.2) is 35.8 Å². The molecule has 1 aliphatic carbocycles. The molecule has 1 aromatic carbocycles. The first-order valence-corrected chi connectivity index (χ1v) is 8.80. The third-order valence-electron chi connectivity index (χ3n) is 4.31. The Morgan fingerprint density at radius 1 is 1.41 bits per heavy atom. The summed E-state index contributed by atoms with van der Waals surface area (Å²) in [6.45, 7) is 6.59. The molecule has 0 saturated heterocycles. The van der Waals surface area contributed by atoms with Gasteiger partial charge < -0.3 is 4.57 Å². The van der Waals surface area contributed by atoms with Crippen LogP contribution in [-0.4, -0.2) is 10.5 Å². The number of aromatic nitrogens is 1. The highest BCUT2D eigenvalue weighted by molar-refractivity contribution is 7.16. The van der Waals surface area contributed by atoms with Crippen LogP contribution in [0.5, 0.6) is 0 Å². The highest BCUT2D eigenvalue weighted by Crippen LogP contribution is 2.25. The average Bonchev–Trinajstić information content (AvgIpc) is 2.85. The first-order chi connectivity index (χ1) is 10.7. The van der Waals surface area contributed by atoms with E-state index in [-0.39, 0.29) is 11.8 Å². The number of fused-ring (bicyclic) bond motifs is 1. The fraction of sp³-hybridized carbons (Fsp3) is 0.444. The average molecular weight is 314 g/mol. The van der Waals surface area contributed by atoms with E-state index in [1.807, 2.05) is 6.08 Å². The number of nitrogens with zero attached hydrogens (tertiary/aromatic N) is 2. The van der Waals surface area contributed by atoms with E-state index in [1.165, 1.54) is 16.7 Å². The molecule has 1 amide bonds. The quantitative estimate of drug-likeness (QED) is 0.782. The van der Waals surface area contributed by atoms with E-state index in [0.29, 0.717) is 6.54 Å². The topological polar surface area (TPSA) is 34.4 Å². The predicted octanol–water partition coefficient (Wildman–Crippen LogP) is 4.20. The van der Waals surface area contributed by atoms with Gasteiger partial charge in [-0.05, 0) is 37.5 Å². The van der Waals surface area contributed by atoms with E-state index in [4.69, 9.17) is 0 Å². The lowest BCUT2D eigenvalue weighted by Crippen LogP contribution is -2.21. The Kier molecular flexibility index (Phi) is 4.57. The van der Waals surface area contributed by atoms with Gasteiger partial charge >= 0.3 is 0 Å². The second kappa shape index (κ2) is 6.61. The maximum absolute atomic E-state index is 12.5. The monoisotopic (exact) mass is 314 g/mol. The smallest absolute Gasteiger partial charge is 0.251 e. The Morgan fingerprint density at radius 3 is 2.91 bits per heavy atom. The van der Waals surface area contributed by atoms with Gasteiger partial charge in [-0.2, -0.15) is 4.99 Å². The van der Waals surface area contributed by atoms with Crippen molar-refractivity contribution in [3.05, 3.63) is 41.2 Å². The van der Waals surface area contributed by atoms with Gasteiger partial charge in [0.1, 0.15) is 0 Å². The highest BCUT2D eigenvalue weighted by atomic mass is 32.1. The van der Waals surface area contributed by atoms with Crippen LogP contribution in [0.3, 0.4) is 0 Å². The number of carbonyl (C=O) groups is 1. The molecule has 0 radical (unpaired) electrons. The minimum Gasteiger partial charge on any atom is -0.313 e. The molecule has 2 aromatic rings. The van der Waals surface area contributed by atoms with Gasteiger partial charge in [0, 0.05) is 12.5 Å². The van der Waals surface area contributed by atoms with Crippen molar-refractivity contribution in [2.45, 2.75) is 45.6 Å². The Balaban J connectivity index is 2.04. The summed E-state index contributed by atoms with van der Waals surface area (Å²) < 4.78 is 3.27. The van der Waals surface area contributed by atoms with Crippen molar-refractivity contribution < 1.29 is 4.79 Å². The first kappa shape index (κ1) is 15.2. The molecule has 0 unspecified atom stereocenters. The van der Waals surface area contributed by atoms with Crippen molar-refractivity contribution in [2.75, 3.05) is 0 Å². The molecular weight excluding hydrogens is 292 g/mol. The number of rotatable bonds is 3. The summed E-state index contributed by atoms with van der Waals surface area (Å²) >= 11 is 1.60. The first-order valence-electron chi connectivity index (χ1n) is 7.98. The molecule has 1 fully saturated rings. The lowest BCUT2D eigenvalue weighted by molar-refractivity contribution is -0.122. The highest BCUT2D eigenvalue weighted by Gasteiger charge is 2.21. The molecule has 0 N–H and O–H groups in total. The van der Waals surface area contributed by atoms with E-state index in [9.17, 15) is 4.79 Å². The number of allylic oxidation sites excluding steroid dienone is 1. The summed E-state index contributed by atoms with van der Waals surface area (Å²) in [6.07, 6.45) is 7.41. The Bertz CT molecular complexity index is 763. The SMILES string of the molecule is C=CCn1c(=NC(=O)C2CCCCC2)sc2cc(C)ccc21. The van der Waals surface area contributed by atoms with E-state index in [1.54, 1.807) is 11.3 Å². The van der Waals surface area contributed by atoms with Gasteiger partial charge in [0.2, 0.25) is 0 Å². The maximum Gasteiger partial charge on any atom is 0.251 e. The lowest BCUT2D eigenvalue weighted by atomic mass is 9.89. The van der Waals surface area contributed by atoms with Crippen molar-refractivity contribution in [3.63, 3.8) is 0 Å². The number of carbonyl (C=O) groups excluding carboxylic acids is 1. The number of amides is 1. The molecule has 1 saturated carbocycles. The lowest BCUT2D eigenvalue weighted by Gasteiger charge is -2.17. The van der Waals surface area contributed by atoms with Crippen LogP contribution >= 0.6 is 11.3 Å². The van der Waals surface area contributed by atoms with Crippen LogP contribution in [0, 0.1) is 12.8 Å². The molecule has 1 aromatic heterocycles. The molecule has 3 rings (SSSR count). The van der Waals surface area contributed by atoms with Crippen molar-refractivity contribution >= 4 is 27.5 Å². The molecule has 116 valence electrons. The molecule has 4 heteroatoms. The van der Waals surface area contributed by atoms with Crippen LogP contribution < -0.4 is 4.80 Å². The molecule has 0 atom stereocenters. The Morgan fingerprint density at radius 2 is 2.18 bits per heavy atom. The number of hydrogen-bond donors (Lipinski definition) is 0. The van der Waals surface area contributed by atoms with Gasteiger partial charge in [0.05, 0.1) is 10.2 Å². The van der Waals surface area contributed by atoms with Gasteiger partial charge in [-0.1, -0.05) is 42.7 Å². The van der Waals surface area contributed by atoms with Gasteiger partial charge in [0.25, 0.3) is 5.91 Å². The van der Waals surface area contributed by atoms with E-state index in [2.05, 4.69) is 41.3 Å². The number of benzene rings is 1. The third-order valence-corrected chi connectivity index (χ3v) is 5.35. The van der Waals surface area contributed by atoms with Crippen molar-refractivity contribution in [1.29, 1.82) is 0 Å². The van der Waals surface area contributed by atoms with Gasteiger partial charge in [-0.15, -0.1) is 6.58 Å². The van der Waals surface area contributed by atoms with Gasteiger partial charge in [0.15, 0.2) is 4.80 Å². The zero-order valence-corrected chi connectivity index (χ0v) is 13.9. The minimum absolute atomic E-state index is 0.0563. The largest absolute Gasteiger partial charge is 0.313 e. The van der Waals surface area contributed by atoms with Gasteiger partial charge in [-0.3, -0.25) is 4.79 Å². The molecular formula is C18H22N2OS. The van der Waals surface area contributed by atoms with Crippen LogP contribution in [0.2, 0.25) is 0 Å². The van der Waals surface area contributed by atoms with E-state index < -0.39 is 0 Å². The molecule has 0 bridgehead atoms. The van der Waals surface area contributed by atoms with E-state index >= 15 is 0 Å². The summed E-state index contributed by atoms with van der Waals surface area (Å²) in [4.78, 5) is 17.7. The summed E-state index contributed by atoms with van der Waals surface area (Å²) in [6, 6.07) is 6.36. The number of thiazole rings is 1. The molecule has 1 heterocycles. The fourth-order valence-electron chi connectivity index (χ4n) is 3.11. The predicted molar refractivity (Wildman–Crippen MR) is 91.9 cm³/mol. The maximum atomic E-state index is 12.5. The molecule has 3 nitrogen and oxygen atoms in total. The van der Waals surface area contributed by atoms with Crippen LogP contribution in [0.25, 0.3) is 10.2 Å². The number of aryl methyl sites for hydroxylation is 1. The van der Waals surface area contributed by atoms with E-state index in [0.717, 1.165) is 36.0 Å². The second-order valence-electron chi connectivity index (χ2n) is 6.04. The van der Waals surface area contributed by atoms with Crippen molar-refractivity contribution in [3.8, 4) is 0 Å². The Labute approximate surface area is 135 Å². The van der Waals surface area contributed by atoms with Gasteiger partial charge in [-0.25, -0.2) is 0 Å². The standard InChI is InChI=1S/C18H22N2OS/c1-3-11-20-15-10-9-13(2)12-16(15)22-18(20)19-17(21)14-7-5-4-6-8-14/h3,9-10,12,14H,1,4-8,11H2,2H3. The van der Waals surface area contributed by atoms with Crippen LogP contribution in [0.1, 0.15) is 37.7 Å². The normalized spacial score (nSPS) is 17.0. The zero-order valence-electron chi connectivity index (χ0n) is 13.0.